The first kappa shape index (κ1) is 14.2. The van der Waals surface area contributed by atoms with Crippen molar-refractivity contribution in [3.8, 4) is 0 Å². The molecule has 1 saturated carbocycles. The number of methoxy groups -OCH3 is 2. The fourth-order valence-corrected chi connectivity index (χ4v) is 2.60. The smallest absolute Gasteiger partial charge is 0.156 e. The molecule has 1 heterocycles. The number of rotatable bonds is 5. The molecular formula is C14H23N3O2. The van der Waals surface area contributed by atoms with Crippen molar-refractivity contribution >= 4 is 5.82 Å². The molecule has 1 aromatic heterocycles. The predicted octanol–water partition coefficient (Wildman–Crippen LogP) is 2.30. The summed E-state index contributed by atoms with van der Waals surface area (Å²) in [6.45, 7) is 2.42. The molecule has 1 aliphatic carbocycles. The van der Waals surface area contributed by atoms with Gasteiger partial charge in [0.15, 0.2) is 5.82 Å². The first-order chi connectivity index (χ1) is 9.21. The van der Waals surface area contributed by atoms with Crippen LogP contribution in [0.2, 0.25) is 0 Å². The highest BCUT2D eigenvalue weighted by Gasteiger charge is 2.21. The van der Waals surface area contributed by atoms with E-state index in [1.165, 1.54) is 12.8 Å². The second-order valence-electron chi connectivity index (χ2n) is 5.11. The number of aryl methyl sites for hydroxylation is 1. The van der Waals surface area contributed by atoms with Crippen LogP contribution in [0, 0.1) is 6.92 Å². The van der Waals surface area contributed by atoms with Crippen LogP contribution in [0.3, 0.4) is 0 Å². The second kappa shape index (κ2) is 6.82. The van der Waals surface area contributed by atoms with Gasteiger partial charge in [0.1, 0.15) is 12.4 Å². The number of nitrogens with zero attached hydrogens (tertiary/aromatic N) is 2. The summed E-state index contributed by atoms with van der Waals surface area (Å²) in [6.07, 6.45) is 4.94. The van der Waals surface area contributed by atoms with Gasteiger partial charge < -0.3 is 14.8 Å². The molecule has 5 heteroatoms. The van der Waals surface area contributed by atoms with Gasteiger partial charge in [0.05, 0.1) is 6.10 Å². The predicted molar refractivity (Wildman–Crippen MR) is 74.2 cm³/mol. The van der Waals surface area contributed by atoms with E-state index in [2.05, 4.69) is 15.3 Å². The van der Waals surface area contributed by atoms with Gasteiger partial charge in [-0.2, -0.15) is 0 Å². The maximum atomic E-state index is 5.45. The van der Waals surface area contributed by atoms with Crippen molar-refractivity contribution in [1.82, 2.24) is 9.97 Å². The highest BCUT2D eigenvalue weighted by molar-refractivity contribution is 5.37. The fourth-order valence-electron chi connectivity index (χ4n) is 2.60. The zero-order valence-electron chi connectivity index (χ0n) is 12.0. The molecule has 0 bridgehead atoms. The van der Waals surface area contributed by atoms with E-state index < -0.39 is 0 Å². The molecule has 5 nitrogen and oxygen atoms in total. The molecule has 1 N–H and O–H groups in total. The lowest BCUT2D eigenvalue weighted by molar-refractivity contribution is 0.0669. The summed E-state index contributed by atoms with van der Waals surface area (Å²) in [5, 5.41) is 3.50. The van der Waals surface area contributed by atoms with Crippen LogP contribution in [-0.4, -0.2) is 36.3 Å². The monoisotopic (exact) mass is 265 g/mol. The largest absolute Gasteiger partial charge is 0.381 e. The summed E-state index contributed by atoms with van der Waals surface area (Å²) in [5.41, 5.74) is 0.962. The Balaban J connectivity index is 2.01. The van der Waals surface area contributed by atoms with E-state index in [0.717, 1.165) is 30.2 Å². The first-order valence-corrected chi connectivity index (χ1v) is 6.84. The SMILES string of the molecule is COCc1nc(C)cc(NC2CCCC(OC)C2)n1. The van der Waals surface area contributed by atoms with Crippen molar-refractivity contribution in [2.24, 2.45) is 0 Å². The van der Waals surface area contributed by atoms with E-state index in [0.29, 0.717) is 18.8 Å². The second-order valence-corrected chi connectivity index (χ2v) is 5.11. The van der Waals surface area contributed by atoms with Gasteiger partial charge in [0.2, 0.25) is 0 Å². The van der Waals surface area contributed by atoms with Crippen molar-refractivity contribution in [2.45, 2.75) is 51.4 Å². The lowest BCUT2D eigenvalue weighted by Crippen LogP contribution is -2.31. The molecular weight excluding hydrogens is 242 g/mol. The summed E-state index contributed by atoms with van der Waals surface area (Å²) >= 11 is 0. The molecule has 2 rings (SSSR count). The molecule has 0 saturated heterocycles. The van der Waals surface area contributed by atoms with Crippen molar-refractivity contribution in [3.05, 3.63) is 17.6 Å². The van der Waals surface area contributed by atoms with Crippen molar-refractivity contribution in [3.63, 3.8) is 0 Å². The zero-order chi connectivity index (χ0) is 13.7. The Morgan fingerprint density at radius 2 is 2.16 bits per heavy atom. The first-order valence-electron chi connectivity index (χ1n) is 6.84. The Labute approximate surface area is 114 Å². The van der Waals surface area contributed by atoms with Gasteiger partial charge in [-0.3, -0.25) is 0 Å². The number of aromatic nitrogens is 2. The summed E-state index contributed by atoms with van der Waals surface area (Å²) in [7, 11) is 3.45. The molecule has 0 spiro atoms. The average molecular weight is 265 g/mol. The van der Waals surface area contributed by atoms with Gasteiger partial charge in [-0.1, -0.05) is 0 Å². The summed E-state index contributed by atoms with van der Waals surface area (Å²) in [6, 6.07) is 2.42. The third-order valence-electron chi connectivity index (χ3n) is 3.49. The minimum Gasteiger partial charge on any atom is -0.381 e. The minimum atomic E-state index is 0.368. The molecule has 1 fully saturated rings. The van der Waals surface area contributed by atoms with Crippen molar-refractivity contribution in [1.29, 1.82) is 0 Å². The van der Waals surface area contributed by atoms with Crippen LogP contribution in [0.15, 0.2) is 6.07 Å². The Morgan fingerprint density at radius 1 is 1.32 bits per heavy atom. The van der Waals surface area contributed by atoms with E-state index in [-0.39, 0.29) is 0 Å². The number of anilines is 1. The standard InChI is InChI=1S/C14H23N3O2/c1-10-7-13(17-14(15-10)9-18-2)16-11-5-4-6-12(8-11)19-3/h7,11-12H,4-6,8-9H2,1-3H3,(H,15,16,17). The Hall–Kier alpha value is -1.20. The molecule has 106 valence electrons. The van der Waals surface area contributed by atoms with Crippen LogP contribution >= 0.6 is 0 Å². The van der Waals surface area contributed by atoms with Crippen LogP contribution in [-0.2, 0) is 16.1 Å². The highest BCUT2D eigenvalue weighted by Crippen LogP contribution is 2.23. The van der Waals surface area contributed by atoms with E-state index >= 15 is 0 Å². The number of hydrogen-bond acceptors (Lipinski definition) is 5. The van der Waals surface area contributed by atoms with Crippen LogP contribution < -0.4 is 5.32 Å². The Kier molecular flexibility index (Phi) is 5.10. The van der Waals surface area contributed by atoms with E-state index in [4.69, 9.17) is 9.47 Å². The number of ether oxygens (including phenoxy) is 2. The normalized spacial score (nSPS) is 23.3. The molecule has 0 aliphatic heterocycles. The van der Waals surface area contributed by atoms with E-state index in [1.54, 1.807) is 14.2 Å². The molecule has 1 aromatic rings. The number of nitrogens with one attached hydrogen (secondary N) is 1. The molecule has 0 aromatic carbocycles. The van der Waals surface area contributed by atoms with Crippen LogP contribution in [0.4, 0.5) is 5.82 Å². The van der Waals surface area contributed by atoms with Gasteiger partial charge in [0, 0.05) is 32.0 Å². The minimum absolute atomic E-state index is 0.368. The van der Waals surface area contributed by atoms with Crippen molar-refractivity contribution < 1.29 is 9.47 Å². The van der Waals surface area contributed by atoms with Crippen LogP contribution in [0.1, 0.15) is 37.2 Å². The Bertz CT molecular complexity index is 412. The van der Waals surface area contributed by atoms with Crippen LogP contribution in [0.5, 0.6) is 0 Å². The van der Waals surface area contributed by atoms with Gasteiger partial charge in [0.25, 0.3) is 0 Å². The van der Waals surface area contributed by atoms with Gasteiger partial charge in [-0.05, 0) is 32.6 Å². The zero-order valence-corrected chi connectivity index (χ0v) is 12.0. The summed E-state index contributed by atoms with van der Waals surface area (Å²) < 4.78 is 10.5. The quantitative estimate of drug-likeness (QED) is 0.885. The summed E-state index contributed by atoms with van der Waals surface area (Å²) in [5.74, 6) is 1.62. The molecule has 1 aliphatic rings. The molecule has 2 unspecified atom stereocenters. The third kappa shape index (κ3) is 4.14. The molecule has 0 amide bonds. The summed E-state index contributed by atoms with van der Waals surface area (Å²) in [4.78, 5) is 8.83. The van der Waals surface area contributed by atoms with Gasteiger partial charge in [-0.15, -0.1) is 0 Å². The van der Waals surface area contributed by atoms with E-state index in [1.807, 2.05) is 13.0 Å². The molecule has 19 heavy (non-hydrogen) atoms. The lowest BCUT2D eigenvalue weighted by Gasteiger charge is -2.29. The molecule has 0 radical (unpaired) electrons. The van der Waals surface area contributed by atoms with Crippen LogP contribution in [0.25, 0.3) is 0 Å². The highest BCUT2D eigenvalue weighted by atomic mass is 16.5. The van der Waals surface area contributed by atoms with E-state index in [9.17, 15) is 0 Å². The van der Waals surface area contributed by atoms with Crippen molar-refractivity contribution in [2.75, 3.05) is 19.5 Å². The Morgan fingerprint density at radius 3 is 2.89 bits per heavy atom. The maximum absolute atomic E-state index is 5.45. The third-order valence-corrected chi connectivity index (χ3v) is 3.49. The van der Waals surface area contributed by atoms with Gasteiger partial charge >= 0.3 is 0 Å². The molecule has 2 atom stereocenters. The fraction of sp³-hybridized carbons (Fsp3) is 0.714. The van der Waals surface area contributed by atoms with Gasteiger partial charge in [-0.25, -0.2) is 9.97 Å². The number of hydrogen-bond donors (Lipinski definition) is 1. The topological polar surface area (TPSA) is 56.3 Å². The lowest BCUT2D eigenvalue weighted by atomic mass is 9.93. The maximum Gasteiger partial charge on any atom is 0.156 e. The average Bonchev–Trinajstić information content (AvgIpc) is 2.38.